The van der Waals surface area contributed by atoms with Crippen molar-refractivity contribution < 1.29 is 19.1 Å². The van der Waals surface area contributed by atoms with Gasteiger partial charge in [-0.2, -0.15) is 0 Å². The standard InChI is InChI=1S/C17H21NO4/c1-21-17(20)14-8-13(16(19)18-6-3-7-18)9-15(10-14)22-11-12-4-2-5-12/h8-10,12H,2-7,11H2,1H3. The summed E-state index contributed by atoms with van der Waals surface area (Å²) < 4.78 is 10.6. The first kappa shape index (κ1) is 14.9. The van der Waals surface area contributed by atoms with Crippen LogP contribution in [0.15, 0.2) is 18.2 Å². The number of likely N-dealkylation sites (tertiary alicyclic amines) is 1. The van der Waals surface area contributed by atoms with E-state index >= 15 is 0 Å². The minimum absolute atomic E-state index is 0.0505. The Labute approximate surface area is 130 Å². The smallest absolute Gasteiger partial charge is 0.338 e. The van der Waals surface area contributed by atoms with E-state index in [-0.39, 0.29) is 5.91 Å². The van der Waals surface area contributed by atoms with Gasteiger partial charge in [-0.15, -0.1) is 0 Å². The number of hydrogen-bond donors (Lipinski definition) is 0. The van der Waals surface area contributed by atoms with Crippen LogP contribution in [0.1, 0.15) is 46.4 Å². The summed E-state index contributed by atoms with van der Waals surface area (Å²) in [5.74, 6) is 0.659. The van der Waals surface area contributed by atoms with Crippen LogP contribution in [0.5, 0.6) is 5.75 Å². The molecule has 1 aromatic carbocycles. The van der Waals surface area contributed by atoms with Crippen molar-refractivity contribution >= 4 is 11.9 Å². The van der Waals surface area contributed by atoms with Gasteiger partial charge in [-0.1, -0.05) is 6.42 Å². The summed E-state index contributed by atoms with van der Waals surface area (Å²) in [5, 5.41) is 0. The summed E-state index contributed by atoms with van der Waals surface area (Å²) in [5.41, 5.74) is 0.851. The van der Waals surface area contributed by atoms with Gasteiger partial charge in [0.05, 0.1) is 19.3 Å². The molecule has 5 nitrogen and oxygen atoms in total. The molecule has 118 valence electrons. The number of hydrogen-bond acceptors (Lipinski definition) is 4. The topological polar surface area (TPSA) is 55.8 Å². The van der Waals surface area contributed by atoms with E-state index in [0.29, 0.717) is 29.4 Å². The summed E-state index contributed by atoms with van der Waals surface area (Å²) in [4.78, 5) is 25.9. The van der Waals surface area contributed by atoms with Crippen molar-refractivity contribution in [1.82, 2.24) is 4.90 Å². The van der Waals surface area contributed by atoms with Crippen LogP contribution in [-0.2, 0) is 4.74 Å². The molecule has 1 saturated carbocycles. The Morgan fingerprint density at radius 1 is 1.14 bits per heavy atom. The SMILES string of the molecule is COC(=O)c1cc(OCC2CCC2)cc(C(=O)N2CCC2)c1. The zero-order valence-corrected chi connectivity index (χ0v) is 12.8. The molecular weight excluding hydrogens is 282 g/mol. The maximum absolute atomic E-state index is 12.4. The van der Waals surface area contributed by atoms with E-state index in [4.69, 9.17) is 9.47 Å². The zero-order valence-electron chi connectivity index (χ0n) is 12.8. The highest BCUT2D eigenvalue weighted by Crippen LogP contribution is 2.28. The van der Waals surface area contributed by atoms with Gasteiger partial charge in [0.2, 0.25) is 0 Å². The summed E-state index contributed by atoms with van der Waals surface area (Å²) in [6.45, 7) is 2.20. The average Bonchev–Trinajstić information content (AvgIpc) is 2.42. The third-order valence-corrected chi connectivity index (χ3v) is 4.43. The predicted molar refractivity (Wildman–Crippen MR) is 81.1 cm³/mol. The molecule has 3 rings (SSSR count). The number of benzene rings is 1. The quantitative estimate of drug-likeness (QED) is 0.784. The van der Waals surface area contributed by atoms with E-state index in [9.17, 15) is 9.59 Å². The van der Waals surface area contributed by atoms with Gasteiger partial charge in [0, 0.05) is 18.7 Å². The third kappa shape index (κ3) is 3.08. The lowest BCUT2D eigenvalue weighted by atomic mass is 9.86. The second-order valence-electron chi connectivity index (χ2n) is 5.99. The van der Waals surface area contributed by atoms with E-state index in [2.05, 4.69) is 0 Å². The largest absolute Gasteiger partial charge is 0.493 e. The van der Waals surface area contributed by atoms with Crippen LogP contribution in [0.2, 0.25) is 0 Å². The Morgan fingerprint density at radius 3 is 2.41 bits per heavy atom. The molecule has 0 aromatic heterocycles. The van der Waals surface area contributed by atoms with Crippen molar-refractivity contribution in [3.8, 4) is 5.75 Å². The van der Waals surface area contributed by atoms with Crippen LogP contribution in [0.25, 0.3) is 0 Å². The fraction of sp³-hybridized carbons (Fsp3) is 0.529. The van der Waals surface area contributed by atoms with Crippen LogP contribution in [0.4, 0.5) is 0 Å². The number of ether oxygens (including phenoxy) is 2. The molecule has 1 amide bonds. The molecule has 1 aliphatic heterocycles. The predicted octanol–water partition coefficient (Wildman–Crippen LogP) is 2.50. The van der Waals surface area contributed by atoms with E-state index in [0.717, 1.165) is 19.5 Å². The summed E-state index contributed by atoms with van der Waals surface area (Å²) in [7, 11) is 1.33. The Bertz CT molecular complexity index is 576. The monoisotopic (exact) mass is 303 g/mol. The fourth-order valence-electron chi connectivity index (χ4n) is 2.62. The van der Waals surface area contributed by atoms with Crippen LogP contribution in [0, 0.1) is 5.92 Å². The normalized spacial score (nSPS) is 17.4. The number of carbonyl (C=O) groups is 2. The van der Waals surface area contributed by atoms with Gasteiger partial charge in [0.15, 0.2) is 0 Å². The molecule has 0 spiro atoms. The highest BCUT2D eigenvalue weighted by Gasteiger charge is 2.24. The molecule has 2 aliphatic rings. The number of esters is 1. The second kappa shape index (κ2) is 6.38. The van der Waals surface area contributed by atoms with Crippen molar-refractivity contribution in [2.24, 2.45) is 5.92 Å². The molecule has 2 fully saturated rings. The number of amides is 1. The lowest BCUT2D eigenvalue weighted by Crippen LogP contribution is -2.42. The zero-order chi connectivity index (χ0) is 15.5. The Balaban J connectivity index is 1.80. The molecule has 0 unspecified atom stereocenters. The number of nitrogens with zero attached hydrogens (tertiary/aromatic N) is 1. The van der Waals surface area contributed by atoms with Gasteiger partial charge in [-0.25, -0.2) is 4.79 Å². The molecule has 1 saturated heterocycles. The lowest BCUT2D eigenvalue weighted by molar-refractivity contribution is 0.0600. The fourth-order valence-corrected chi connectivity index (χ4v) is 2.62. The van der Waals surface area contributed by atoms with Crippen LogP contribution >= 0.6 is 0 Å². The molecule has 0 radical (unpaired) electrons. The first-order valence-electron chi connectivity index (χ1n) is 7.83. The first-order chi connectivity index (χ1) is 10.7. The molecule has 5 heteroatoms. The molecule has 1 heterocycles. The van der Waals surface area contributed by atoms with Crippen LogP contribution in [0.3, 0.4) is 0 Å². The van der Waals surface area contributed by atoms with Gasteiger partial charge >= 0.3 is 5.97 Å². The van der Waals surface area contributed by atoms with Gasteiger partial charge in [0.1, 0.15) is 5.75 Å². The Morgan fingerprint density at radius 2 is 1.86 bits per heavy atom. The summed E-state index contributed by atoms with van der Waals surface area (Å²) in [6.07, 6.45) is 4.68. The van der Waals surface area contributed by atoms with E-state index in [1.165, 1.54) is 26.4 Å². The minimum atomic E-state index is -0.452. The van der Waals surface area contributed by atoms with Crippen molar-refractivity contribution in [1.29, 1.82) is 0 Å². The second-order valence-corrected chi connectivity index (χ2v) is 5.99. The van der Waals surface area contributed by atoms with Crippen molar-refractivity contribution in [3.05, 3.63) is 29.3 Å². The van der Waals surface area contributed by atoms with E-state index in [1.54, 1.807) is 23.1 Å². The van der Waals surface area contributed by atoms with Gasteiger partial charge in [-0.3, -0.25) is 4.79 Å². The molecule has 22 heavy (non-hydrogen) atoms. The molecule has 1 aliphatic carbocycles. The van der Waals surface area contributed by atoms with E-state index in [1.807, 2.05) is 0 Å². The van der Waals surface area contributed by atoms with Crippen LogP contribution < -0.4 is 4.74 Å². The molecule has 0 N–H and O–H groups in total. The number of methoxy groups -OCH3 is 1. The van der Waals surface area contributed by atoms with Crippen molar-refractivity contribution in [2.45, 2.75) is 25.7 Å². The Hall–Kier alpha value is -2.04. The van der Waals surface area contributed by atoms with Crippen LogP contribution in [-0.4, -0.2) is 43.6 Å². The number of rotatable bonds is 5. The highest BCUT2D eigenvalue weighted by molar-refractivity contribution is 5.98. The molecular formula is C17H21NO4. The molecule has 0 atom stereocenters. The number of carbonyl (C=O) groups excluding carboxylic acids is 2. The maximum Gasteiger partial charge on any atom is 0.338 e. The van der Waals surface area contributed by atoms with E-state index < -0.39 is 5.97 Å². The first-order valence-corrected chi connectivity index (χ1v) is 7.83. The van der Waals surface area contributed by atoms with Crippen molar-refractivity contribution in [3.63, 3.8) is 0 Å². The summed E-state index contributed by atoms with van der Waals surface area (Å²) in [6, 6.07) is 4.96. The maximum atomic E-state index is 12.4. The van der Waals surface area contributed by atoms with Crippen molar-refractivity contribution in [2.75, 3.05) is 26.8 Å². The van der Waals surface area contributed by atoms with Gasteiger partial charge in [-0.05, 0) is 43.4 Å². The average molecular weight is 303 g/mol. The third-order valence-electron chi connectivity index (χ3n) is 4.43. The summed E-state index contributed by atoms with van der Waals surface area (Å²) >= 11 is 0. The lowest BCUT2D eigenvalue weighted by Gasteiger charge is -2.31. The molecule has 1 aromatic rings. The Kier molecular flexibility index (Phi) is 4.32. The highest BCUT2D eigenvalue weighted by atomic mass is 16.5. The van der Waals surface area contributed by atoms with Gasteiger partial charge in [0.25, 0.3) is 5.91 Å². The molecule has 0 bridgehead atoms. The minimum Gasteiger partial charge on any atom is -0.493 e. The van der Waals surface area contributed by atoms with Gasteiger partial charge < -0.3 is 14.4 Å².